The number of unbranched alkanes of at least 4 members (excludes halogenated alkanes) is 13. The molecular formula is C36H59NO5. The van der Waals surface area contributed by atoms with Crippen molar-refractivity contribution in [2.24, 2.45) is 5.92 Å². The van der Waals surface area contributed by atoms with Gasteiger partial charge >= 0.3 is 5.97 Å². The minimum atomic E-state index is -0.349. The zero-order chi connectivity index (χ0) is 30.0. The second-order valence-electron chi connectivity index (χ2n) is 12.6. The van der Waals surface area contributed by atoms with E-state index in [0.717, 1.165) is 44.9 Å². The largest absolute Gasteiger partial charge is 0.456 e. The molecule has 0 aliphatic carbocycles. The van der Waals surface area contributed by atoms with Gasteiger partial charge in [-0.2, -0.15) is 0 Å². The topological polar surface area (TPSA) is 80.5 Å². The second kappa shape index (κ2) is 20.1. The highest BCUT2D eigenvalue weighted by Crippen LogP contribution is 2.37. The van der Waals surface area contributed by atoms with Gasteiger partial charge in [-0.3, -0.25) is 4.79 Å². The van der Waals surface area contributed by atoms with Gasteiger partial charge in [0, 0.05) is 5.69 Å². The maximum absolute atomic E-state index is 13.5. The lowest BCUT2D eigenvalue weighted by molar-refractivity contribution is -0.120. The fourth-order valence-electron chi connectivity index (χ4n) is 5.99. The number of esters is 1. The Morgan fingerprint density at radius 3 is 2.10 bits per heavy atom. The second-order valence-corrected chi connectivity index (χ2v) is 12.6. The molecule has 1 amide bonds. The molecule has 2 aliphatic heterocycles. The first-order chi connectivity index (χ1) is 20.6. The Kier molecular flexibility index (Phi) is 16.6. The highest BCUT2D eigenvalue weighted by molar-refractivity contribution is 5.96. The van der Waals surface area contributed by atoms with Crippen molar-refractivity contribution in [2.45, 2.75) is 167 Å². The molecule has 2 saturated heterocycles. The van der Waals surface area contributed by atoms with Gasteiger partial charge in [0.15, 0.2) is 0 Å². The van der Waals surface area contributed by atoms with Crippen molar-refractivity contribution in [1.82, 2.24) is 0 Å². The van der Waals surface area contributed by atoms with Gasteiger partial charge in [0.1, 0.15) is 12.2 Å². The van der Waals surface area contributed by atoms with E-state index in [1.54, 1.807) is 12.1 Å². The predicted molar refractivity (Wildman–Crippen MR) is 171 cm³/mol. The normalized spacial score (nSPS) is 20.6. The summed E-state index contributed by atoms with van der Waals surface area (Å²) in [4.78, 5) is 26.6. The summed E-state index contributed by atoms with van der Waals surface area (Å²) >= 11 is 0. The first-order valence-corrected chi connectivity index (χ1v) is 17.5. The number of nitrogens with one attached hydrogen (secondary N) is 1. The lowest BCUT2D eigenvalue weighted by Gasteiger charge is -2.17. The first-order valence-electron chi connectivity index (χ1n) is 17.5. The summed E-state index contributed by atoms with van der Waals surface area (Å²) in [5.41, 5.74) is 1.10. The van der Waals surface area contributed by atoms with E-state index in [2.05, 4.69) is 26.1 Å². The Hall–Kier alpha value is -1.92. The summed E-state index contributed by atoms with van der Waals surface area (Å²) in [6.07, 6.45) is 22.1. The Morgan fingerprint density at radius 1 is 0.833 bits per heavy atom. The standard InChI is InChI=1S/C36H59NO5/c1-4-7-10-13-15-18-24-31(33-27-40-33)42-36(39)28-21-20-22-29(26-28)37-35(38)30(23-17-12-9-6-3)34-32(41-34)25-19-16-14-11-8-5-2/h20-22,26,30-34H,4-19,23-25,27H2,1-3H3,(H,37,38). The highest BCUT2D eigenvalue weighted by atomic mass is 16.6. The molecule has 0 saturated carbocycles. The number of rotatable bonds is 25. The van der Waals surface area contributed by atoms with Crippen molar-refractivity contribution >= 4 is 17.6 Å². The van der Waals surface area contributed by atoms with E-state index in [9.17, 15) is 9.59 Å². The molecule has 6 heteroatoms. The van der Waals surface area contributed by atoms with E-state index in [0.29, 0.717) is 17.9 Å². The Morgan fingerprint density at radius 2 is 1.43 bits per heavy atom. The number of hydrogen-bond acceptors (Lipinski definition) is 5. The van der Waals surface area contributed by atoms with Crippen LogP contribution >= 0.6 is 0 Å². The van der Waals surface area contributed by atoms with Crippen LogP contribution in [0.15, 0.2) is 24.3 Å². The molecule has 1 aromatic carbocycles. The number of amides is 1. The fraction of sp³-hybridized carbons (Fsp3) is 0.778. The number of epoxide rings is 2. The molecule has 1 N–H and O–H groups in total. The molecule has 0 bridgehead atoms. The third-order valence-electron chi connectivity index (χ3n) is 8.81. The van der Waals surface area contributed by atoms with Crippen LogP contribution in [0.5, 0.6) is 0 Å². The highest BCUT2D eigenvalue weighted by Gasteiger charge is 2.46. The Balaban J connectivity index is 1.50. The zero-order valence-corrected chi connectivity index (χ0v) is 26.9. The van der Waals surface area contributed by atoms with Gasteiger partial charge < -0.3 is 19.5 Å². The van der Waals surface area contributed by atoms with Crippen molar-refractivity contribution in [3.05, 3.63) is 29.8 Å². The Labute approximate surface area is 256 Å². The lowest BCUT2D eigenvalue weighted by Crippen LogP contribution is -2.28. The molecule has 2 fully saturated rings. The van der Waals surface area contributed by atoms with Crippen LogP contribution in [0, 0.1) is 5.92 Å². The molecule has 6 nitrogen and oxygen atoms in total. The molecule has 42 heavy (non-hydrogen) atoms. The van der Waals surface area contributed by atoms with Crippen molar-refractivity contribution in [3.8, 4) is 0 Å². The molecule has 2 heterocycles. The summed E-state index contributed by atoms with van der Waals surface area (Å²) < 4.78 is 17.5. The predicted octanol–water partition coefficient (Wildman–Crippen LogP) is 9.40. The van der Waals surface area contributed by atoms with E-state index >= 15 is 0 Å². The number of ether oxygens (including phenoxy) is 3. The first kappa shape index (κ1) is 34.6. The van der Waals surface area contributed by atoms with E-state index in [-0.39, 0.29) is 42.2 Å². The molecule has 3 rings (SSSR count). The molecule has 2 aliphatic rings. The minimum absolute atomic E-state index is 0.000193. The average molecular weight is 586 g/mol. The van der Waals surface area contributed by atoms with Gasteiger partial charge in [0.2, 0.25) is 5.91 Å². The van der Waals surface area contributed by atoms with Gasteiger partial charge in [-0.25, -0.2) is 4.79 Å². The van der Waals surface area contributed by atoms with E-state index < -0.39 is 0 Å². The van der Waals surface area contributed by atoms with Gasteiger partial charge in [-0.1, -0.05) is 123 Å². The monoisotopic (exact) mass is 585 g/mol. The summed E-state index contributed by atoms with van der Waals surface area (Å²) in [5.74, 6) is -0.505. The third kappa shape index (κ3) is 13.2. The summed E-state index contributed by atoms with van der Waals surface area (Å²) in [7, 11) is 0. The average Bonchev–Trinajstić information content (AvgIpc) is 3.92. The van der Waals surface area contributed by atoms with Crippen molar-refractivity contribution < 1.29 is 23.8 Å². The van der Waals surface area contributed by atoms with Gasteiger partial charge in [0.05, 0.1) is 30.3 Å². The number of hydrogen-bond donors (Lipinski definition) is 1. The fourth-order valence-corrected chi connectivity index (χ4v) is 5.99. The van der Waals surface area contributed by atoms with Crippen LogP contribution in [0.2, 0.25) is 0 Å². The SMILES string of the molecule is CCCCCCCCC(OC(=O)c1cccc(NC(=O)C(CCCCCC)C2OC2CCCCCCCC)c1)C1CO1. The van der Waals surface area contributed by atoms with Crippen LogP contribution in [-0.2, 0) is 19.0 Å². The zero-order valence-electron chi connectivity index (χ0n) is 26.9. The van der Waals surface area contributed by atoms with E-state index in [1.807, 2.05) is 12.1 Å². The quantitative estimate of drug-likeness (QED) is 0.0702. The number of carbonyl (C=O) groups excluding carboxylic acids is 2. The Bertz CT molecular complexity index is 901. The minimum Gasteiger partial charge on any atom is -0.456 e. The van der Waals surface area contributed by atoms with Crippen molar-refractivity contribution in [3.63, 3.8) is 0 Å². The van der Waals surface area contributed by atoms with Crippen LogP contribution in [-0.4, -0.2) is 42.9 Å². The van der Waals surface area contributed by atoms with Crippen LogP contribution in [0.1, 0.15) is 153 Å². The smallest absolute Gasteiger partial charge is 0.338 e. The number of carbonyl (C=O) groups is 2. The molecule has 5 atom stereocenters. The molecule has 5 unspecified atom stereocenters. The summed E-state index contributed by atoms with van der Waals surface area (Å²) in [6.45, 7) is 7.33. The van der Waals surface area contributed by atoms with E-state index in [4.69, 9.17) is 14.2 Å². The number of anilines is 1. The molecular weight excluding hydrogens is 526 g/mol. The maximum atomic E-state index is 13.5. The molecule has 0 radical (unpaired) electrons. The number of benzene rings is 1. The summed E-state index contributed by atoms with van der Waals surface area (Å²) in [6, 6.07) is 7.16. The van der Waals surface area contributed by atoms with Crippen LogP contribution < -0.4 is 5.32 Å². The maximum Gasteiger partial charge on any atom is 0.338 e. The van der Waals surface area contributed by atoms with Crippen LogP contribution in [0.3, 0.4) is 0 Å². The molecule has 238 valence electrons. The molecule has 0 aromatic heterocycles. The third-order valence-corrected chi connectivity index (χ3v) is 8.81. The van der Waals surface area contributed by atoms with Gasteiger partial charge in [0.25, 0.3) is 0 Å². The van der Waals surface area contributed by atoms with E-state index in [1.165, 1.54) is 77.0 Å². The van der Waals surface area contributed by atoms with Crippen LogP contribution in [0.25, 0.3) is 0 Å². The van der Waals surface area contributed by atoms with Gasteiger partial charge in [-0.05, 0) is 43.9 Å². The summed E-state index contributed by atoms with van der Waals surface area (Å²) in [5, 5.41) is 3.11. The van der Waals surface area contributed by atoms with Crippen molar-refractivity contribution in [2.75, 3.05) is 11.9 Å². The van der Waals surface area contributed by atoms with Crippen molar-refractivity contribution in [1.29, 1.82) is 0 Å². The van der Waals surface area contributed by atoms with Crippen LogP contribution in [0.4, 0.5) is 5.69 Å². The molecule has 1 aromatic rings. The lowest BCUT2D eigenvalue weighted by atomic mass is 9.93. The molecule has 0 spiro atoms. The van der Waals surface area contributed by atoms with Gasteiger partial charge in [-0.15, -0.1) is 0 Å².